The van der Waals surface area contributed by atoms with Gasteiger partial charge in [0.15, 0.2) is 0 Å². The number of aryl methyl sites for hydroxylation is 2. The number of benzene rings is 1. The second-order valence-electron chi connectivity index (χ2n) is 3.36. The fraction of sp³-hybridized carbons (Fsp3) is 0.273. The zero-order valence-electron chi connectivity index (χ0n) is 8.14. The molecule has 0 amide bonds. The topological polar surface area (TPSA) is 0 Å². The molecule has 0 fully saturated rings. The van der Waals surface area contributed by atoms with Gasteiger partial charge in [0.05, 0.1) is 0 Å². The Morgan fingerprint density at radius 2 is 1.64 bits per heavy atom. The van der Waals surface area contributed by atoms with Crippen LogP contribution in [-0.2, 0) is 24.7 Å². The number of rotatable bonds is 0. The molecule has 0 spiro atoms. The van der Waals surface area contributed by atoms with Crippen molar-refractivity contribution in [3.8, 4) is 0 Å². The van der Waals surface area contributed by atoms with Crippen LogP contribution in [0.25, 0.3) is 6.08 Å². The van der Waals surface area contributed by atoms with E-state index in [1.54, 1.807) is 30.3 Å². The van der Waals surface area contributed by atoms with Gasteiger partial charge in [-0.05, 0) is 0 Å². The van der Waals surface area contributed by atoms with Gasteiger partial charge in [-0.1, -0.05) is 0 Å². The fourth-order valence-electron chi connectivity index (χ4n) is 1.78. The van der Waals surface area contributed by atoms with Gasteiger partial charge < -0.3 is 9.41 Å². The van der Waals surface area contributed by atoms with Gasteiger partial charge >= 0.3 is 88.7 Å². The zero-order chi connectivity index (χ0) is 8.72. The quantitative estimate of drug-likeness (QED) is 0.470. The maximum absolute atomic E-state index is 2.32. The van der Waals surface area contributed by atoms with Crippen molar-refractivity contribution in [1.29, 1.82) is 0 Å². The summed E-state index contributed by atoms with van der Waals surface area (Å²) < 4.78 is 0.701. The molecular weight excluding hydrogens is 261 g/mol. The van der Waals surface area contributed by atoms with Crippen molar-refractivity contribution in [3.63, 3.8) is 0 Å². The maximum atomic E-state index is 2.32. The molecule has 3 heteroatoms. The predicted octanol–water partition coefficient (Wildman–Crippen LogP) is -3.07. The van der Waals surface area contributed by atoms with Gasteiger partial charge in [-0.3, -0.25) is 0 Å². The Hall–Kier alpha value is -0.297. The molecule has 1 atom stereocenters. The Labute approximate surface area is 98.0 Å². The van der Waals surface area contributed by atoms with E-state index in [0.29, 0.717) is 3.63 Å². The minimum absolute atomic E-state index is 0. The van der Waals surface area contributed by atoms with Crippen molar-refractivity contribution in [2.24, 2.45) is 0 Å². The monoisotopic (exact) mass is 271 g/mol. The molecule has 14 heavy (non-hydrogen) atoms. The van der Waals surface area contributed by atoms with Crippen molar-refractivity contribution < 1.29 is 34.1 Å². The molecule has 0 saturated heterocycles. The van der Waals surface area contributed by atoms with Crippen LogP contribution in [0.4, 0.5) is 0 Å². The first-order valence-electron chi connectivity index (χ1n) is 4.19. The van der Waals surface area contributed by atoms with E-state index in [9.17, 15) is 0 Å². The van der Waals surface area contributed by atoms with Gasteiger partial charge in [-0.2, -0.15) is 0 Å². The van der Waals surface area contributed by atoms with Crippen LogP contribution >= 0.6 is 0 Å². The van der Waals surface area contributed by atoms with Gasteiger partial charge in [0.1, 0.15) is 0 Å². The third-order valence-corrected chi connectivity index (χ3v) is 3.67. The first-order valence-corrected chi connectivity index (χ1v) is 5.61. The largest absolute Gasteiger partial charge is 1.00 e. The summed E-state index contributed by atoms with van der Waals surface area (Å²) in [5.41, 5.74) is 5.89. The standard InChI is InChI=1S/C11H11.2FH.Zr/c1-8-6-7-9(2)11-5-3-4-10(8)11;;;/h3-7H,1-2H3;2*1H;/q;;;+2/p-2. The molecule has 73 valence electrons. The summed E-state index contributed by atoms with van der Waals surface area (Å²) >= 11 is 1.60. The average molecular weight is 272 g/mol. The molecule has 1 aliphatic carbocycles. The average Bonchev–Trinajstić information content (AvgIpc) is 2.42. The van der Waals surface area contributed by atoms with E-state index >= 15 is 0 Å². The van der Waals surface area contributed by atoms with Crippen LogP contribution in [0.3, 0.4) is 0 Å². The maximum Gasteiger partial charge on any atom is -1.00 e. The van der Waals surface area contributed by atoms with Crippen molar-refractivity contribution in [2.45, 2.75) is 17.5 Å². The van der Waals surface area contributed by atoms with Crippen LogP contribution in [0.15, 0.2) is 18.2 Å². The Morgan fingerprint density at radius 3 is 2.21 bits per heavy atom. The van der Waals surface area contributed by atoms with Crippen molar-refractivity contribution in [3.05, 3.63) is 40.5 Å². The van der Waals surface area contributed by atoms with E-state index in [1.807, 2.05) is 0 Å². The van der Waals surface area contributed by atoms with Crippen LogP contribution in [0.2, 0.25) is 0 Å². The third-order valence-electron chi connectivity index (χ3n) is 2.49. The molecule has 1 aromatic carbocycles. The minimum Gasteiger partial charge on any atom is -1.00 e. The van der Waals surface area contributed by atoms with Gasteiger partial charge in [0.2, 0.25) is 0 Å². The Bertz CT molecular complexity index is 359. The number of fused-ring (bicyclic) bond motifs is 1. The van der Waals surface area contributed by atoms with E-state index in [2.05, 4.69) is 38.1 Å². The molecule has 0 heterocycles. The smallest absolute Gasteiger partial charge is 1.00 e. The van der Waals surface area contributed by atoms with Crippen LogP contribution in [0.1, 0.15) is 25.9 Å². The molecule has 1 aromatic rings. The molecule has 0 nitrogen and oxygen atoms in total. The van der Waals surface area contributed by atoms with Crippen LogP contribution in [-0.4, -0.2) is 0 Å². The number of halogens is 2. The molecule has 1 unspecified atom stereocenters. The first-order chi connectivity index (χ1) is 5.70. The van der Waals surface area contributed by atoms with Gasteiger partial charge in [0, 0.05) is 0 Å². The van der Waals surface area contributed by atoms with E-state index < -0.39 is 0 Å². The second-order valence-corrected chi connectivity index (χ2v) is 4.89. The van der Waals surface area contributed by atoms with E-state index in [1.165, 1.54) is 16.7 Å². The van der Waals surface area contributed by atoms with Crippen LogP contribution in [0, 0.1) is 13.8 Å². The SMILES string of the molecule is Cc1ccc(C)c2c1C=C[CH]2[Zr+2].[F-].[F-]. The Morgan fingerprint density at radius 1 is 1.07 bits per heavy atom. The summed E-state index contributed by atoms with van der Waals surface area (Å²) in [7, 11) is 0. The molecule has 2 rings (SSSR count). The summed E-state index contributed by atoms with van der Waals surface area (Å²) in [5, 5.41) is 0. The van der Waals surface area contributed by atoms with Gasteiger partial charge in [-0.15, -0.1) is 0 Å². The molecule has 0 aliphatic heterocycles. The van der Waals surface area contributed by atoms with E-state index in [0.717, 1.165) is 0 Å². The summed E-state index contributed by atoms with van der Waals surface area (Å²) in [6.07, 6.45) is 4.60. The van der Waals surface area contributed by atoms with E-state index in [4.69, 9.17) is 0 Å². The third kappa shape index (κ3) is 2.03. The zero-order valence-corrected chi connectivity index (χ0v) is 10.6. The van der Waals surface area contributed by atoms with E-state index in [-0.39, 0.29) is 9.41 Å². The Balaban J connectivity index is 0.000000845. The molecule has 0 radical (unpaired) electrons. The van der Waals surface area contributed by atoms with Crippen LogP contribution < -0.4 is 9.41 Å². The summed E-state index contributed by atoms with van der Waals surface area (Å²) in [4.78, 5) is 0. The van der Waals surface area contributed by atoms with Crippen molar-refractivity contribution >= 4 is 6.08 Å². The molecule has 0 bridgehead atoms. The molecule has 0 aromatic heterocycles. The molecular formula is C11H11F2Zr. The molecule has 0 N–H and O–H groups in total. The van der Waals surface area contributed by atoms with Gasteiger partial charge in [-0.25, -0.2) is 0 Å². The fourth-order valence-corrected chi connectivity index (χ4v) is 2.96. The minimum atomic E-state index is 0. The summed E-state index contributed by atoms with van der Waals surface area (Å²) in [5.74, 6) is 0. The van der Waals surface area contributed by atoms with Crippen LogP contribution in [0.5, 0.6) is 0 Å². The molecule has 1 aliphatic rings. The van der Waals surface area contributed by atoms with Crippen molar-refractivity contribution in [2.75, 3.05) is 0 Å². The number of hydrogen-bond acceptors (Lipinski definition) is 0. The first kappa shape index (κ1) is 13.7. The van der Waals surface area contributed by atoms with Crippen molar-refractivity contribution in [1.82, 2.24) is 0 Å². The number of allylic oxidation sites excluding steroid dienone is 1. The molecule has 0 saturated carbocycles. The Kier molecular flexibility index (Phi) is 4.87. The predicted molar refractivity (Wildman–Crippen MR) is 47.7 cm³/mol. The summed E-state index contributed by atoms with van der Waals surface area (Å²) in [6, 6.07) is 4.45. The number of hydrogen-bond donors (Lipinski definition) is 0. The normalized spacial score (nSPS) is 17.0. The van der Waals surface area contributed by atoms with Gasteiger partial charge in [0.25, 0.3) is 0 Å². The summed E-state index contributed by atoms with van der Waals surface area (Å²) in [6.45, 7) is 4.40. The second kappa shape index (κ2) is 4.97.